The van der Waals surface area contributed by atoms with E-state index in [9.17, 15) is 14.9 Å². The average Bonchev–Trinajstić information content (AvgIpc) is 3.10. The fraction of sp³-hybridized carbons (Fsp3) is 0.423. The van der Waals surface area contributed by atoms with Crippen LogP contribution in [-0.4, -0.2) is 50.1 Å². The number of esters is 1. The maximum Gasteiger partial charge on any atom is 0.315 e. The number of rotatable bonds is 6. The van der Waals surface area contributed by atoms with E-state index in [1.807, 2.05) is 50.2 Å². The molecule has 0 aliphatic carbocycles. The highest BCUT2D eigenvalue weighted by Gasteiger charge is 2.48. The molecule has 0 bridgehead atoms. The van der Waals surface area contributed by atoms with Crippen molar-refractivity contribution in [1.29, 1.82) is 5.26 Å². The molecule has 0 atom stereocenters. The number of hydrogen-bond acceptors (Lipinski definition) is 6. The van der Waals surface area contributed by atoms with E-state index in [0.29, 0.717) is 12.2 Å². The number of nitrogens with zero attached hydrogens (tertiary/aromatic N) is 2. The number of anilines is 1. The molecule has 2 aromatic carbocycles. The molecule has 1 spiro atoms. The average molecular weight is 448 g/mol. The van der Waals surface area contributed by atoms with Crippen molar-refractivity contribution < 1.29 is 19.1 Å². The highest BCUT2D eigenvalue weighted by atomic mass is 16.5. The van der Waals surface area contributed by atoms with E-state index in [-0.39, 0.29) is 11.9 Å². The Labute approximate surface area is 194 Å². The third-order valence-electron chi connectivity index (χ3n) is 7.00. The van der Waals surface area contributed by atoms with Gasteiger partial charge in [0.25, 0.3) is 0 Å². The first kappa shape index (κ1) is 22.8. The lowest BCUT2D eigenvalue weighted by Gasteiger charge is -2.38. The molecule has 1 amide bonds. The van der Waals surface area contributed by atoms with Gasteiger partial charge in [-0.2, -0.15) is 5.26 Å². The summed E-state index contributed by atoms with van der Waals surface area (Å²) in [7, 11) is 1.39. The highest BCUT2D eigenvalue weighted by molar-refractivity contribution is 6.06. The number of amides is 1. The summed E-state index contributed by atoms with van der Waals surface area (Å²) in [5.41, 5.74) is 1.99. The van der Waals surface area contributed by atoms with Crippen LogP contribution in [0.3, 0.4) is 0 Å². The number of nitriles is 1. The Balaban J connectivity index is 1.31. The van der Waals surface area contributed by atoms with Crippen LogP contribution in [0.15, 0.2) is 42.5 Å². The number of methoxy groups -OCH3 is 1. The largest absolute Gasteiger partial charge is 0.492 e. The zero-order valence-electron chi connectivity index (χ0n) is 19.3. The number of carbonyl (C=O) groups excluding carboxylic acids is 2. The first-order valence-corrected chi connectivity index (χ1v) is 11.2. The van der Waals surface area contributed by atoms with Gasteiger partial charge in [-0.15, -0.1) is 0 Å². The zero-order chi connectivity index (χ0) is 23.6. The summed E-state index contributed by atoms with van der Waals surface area (Å²) < 4.78 is 10.8. The lowest BCUT2D eigenvalue weighted by Crippen LogP contribution is -2.47. The third kappa shape index (κ3) is 4.19. The Morgan fingerprint density at radius 2 is 1.88 bits per heavy atom. The van der Waals surface area contributed by atoms with Gasteiger partial charge in [-0.05, 0) is 81.2 Å². The van der Waals surface area contributed by atoms with E-state index in [1.54, 1.807) is 6.07 Å². The molecule has 2 aliphatic rings. The van der Waals surface area contributed by atoms with E-state index in [2.05, 4.69) is 16.3 Å². The first-order chi connectivity index (χ1) is 15.8. The summed E-state index contributed by atoms with van der Waals surface area (Å²) in [6, 6.07) is 15.1. The number of nitrogens with one attached hydrogen (secondary N) is 1. The molecule has 4 rings (SSSR count). The Hall–Kier alpha value is -3.37. The lowest BCUT2D eigenvalue weighted by atomic mass is 9.73. The number of carbonyl (C=O) groups is 2. The maximum absolute atomic E-state index is 12.8. The van der Waals surface area contributed by atoms with Gasteiger partial charge in [-0.1, -0.05) is 12.1 Å². The summed E-state index contributed by atoms with van der Waals surface area (Å²) in [4.78, 5) is 27.1. The van der Waals surface area contributed by atoms with Crippen LogP contribution < -0.4 is 10.1 Å². The quantitative estimate of drug-likeness (QED) is 0.683. The maximum atomic E-state index is 12.8. The van der Waals surface area contributed by atoms with Crippen LogP contribution in [0.4, 0.5) is 5.69 Å². The molecule has 172 valence electrons. The Morgan fingerprint density at radius 3 is 2.52 bits per heavy atom. The predicted octanol–water partition coefficient (Wildman–Crippen LogP) is 3.37. The standard InChI is InChI=1S/C26H29N3O4/c1-25(2,24(31)32-3)19-5-7-20(8-6-19)33-15-14-29-12-10-26(11-13-29)21-16-18(17-27)4-9-22(21)28-23(26)30/h4-9,16H,10-15H2,1-3H3,(H,28,30). The van der Waals surface area contributed by atoms with Gasteiger partial charge in [0, 0.05) is 12.2 Å². The summed E-state index contributed by atoms with van der Waals surface area (Å²) in [5, 5.41) is 12.2. The minimum Gasteiger partial charge on any atom is -0.492 e. The number of fused-ring (bicyclic) bond motifs is 2. The Bertz CT molecular complexity index is 1090. The van der Waals surface area contributed by atoms with Crippen molar-refractivity contribution in [3.05, 3.63) is 59.2 Å². The SMILES string of the molecule is COC(=O)C(C)(C)c1ccc(OCCN2CCC3(CC2)C(=O)Nc2ccc(C#N)cc23)cc1. The molecule has 1 fully saturated rings. The van der Waals surface area contributed by atoms with E-state index in [4.69, 9.17) is 9.47 Å². The molecular weight excluding hydrogens is 418 g/mol. The molecule has 33 heavy (non-hydrogen) atoms. The van der Waals surface area contributed by atoms with Crippen molar-refractivity contribution in [2.24, 2.45) is 0 Å². The van der Waals surface area contributed by atoms with Gasteiger partial charge in [0.15, 0.2) is 0 Å². The summed E-state index contributed by atoms with van der Waals surface area (Å²) in [5.74, 6) is 0.515. The van der Waals surface area contributed by atoms with Gasteiger partial charge in [0.1, 0.15) is 12.4 Å². The van der Waals surface area contributed by atoms with Crippen LogP contribution >= 0.6 is 0 Å². The zero-order valence-corrected chi connectivity index (χ0v) is 19.3. The van der Waals surface area contributed by atoms with E-state index < -0.39 is 10.8 Å². The van der Waals surface area contributed by atoms with Crippen molar-refractivity contribution in [2.45, 2.75) is 37.5 Å². The second kappa shape index (κ2) is 8.87. The minimum atomic E-state index is -0.712. The molecule has 0 unspecified atom stereocenters. The molecule has 7 heteroatoms. The molecule has 1 saturated heterocycles. The van der Waals surface area contributed by atoms with Crippen molar-refractivity contribution in [3.63, 3.8) is 0 Å². The molecule has 2 aromatic rings. The molecule has 1 N–H and O–H groups in total. The summed E-state index contributed by atoms with van der Waals surface area (Å²) in [6.45, 7) is 6.55. The second-order valence-corrected chi connectivity index (χ2v) is 9.24. The Kier molecular flexibility index (Phi) is 6.13. The number of ether oxygens (including phenoxy) is 2. The first-order valence-electron chi connectivity index (χ1n) is 11.2. The van der Waals surface area contributed by atoms with Gasteiger partial charge in [-0.25, -0.2) is 0 Å². The van der Waals surface area contributed by atoms with Crippen molar-refractivity contribution in [3.8, 4) is 11.8 Å². The van der Waals surface area contributed by atoms with Crippen LogP contribution in [0, 0.1) is 11.3 Å². The fourth-order valence-corrected chi connectivity index (χ4v) is 4.77. The molecule has 0 aromatic heterocycles. The molecular formula is C26H29N3O4. The fourth-order valence-electron chi connectivity index (χ4n) is 4.77. The van der Waals surface area contributed by atoms with Gasteiger partial charge < -0.3 is 14.8 Å². The second-order valence-electron chi connectivity index (χ2n) is 9.24. The van der Waals surface area contributed by atoms with Crippen LogP contribution in [0.2, 0.25) is 0 Å². The van der Waals surface area contributed by atoms with Crippen LogP contribution in [0.5, 0.6) is 5.75 Å². The monoisotopic (exact) mass is 447 g/mol. The van der Waals surface area contributed by atoms with Crippen LogP contribution in [0.25, 0.3) is 0 Å². The molecule has 2 aliphatic heterocycles. The van der Waals surface area contributed by atoms with Gasteiger partial charge in [0.2, 0.25) is 5.91 Å². The summed E-state index contributed by atoms with van der Waals surface area (Å²) in [6.07, 6.45) is 1.44. The minimum absolute atomic E-state index is 0.0402. The molecule has 0 saturated carbocycles. The highest BCUT2D eigenvalue weighted by Crippen LogP contribution is 2.45. The third-order valence-corrected chi connectivity index (χ3v) is 7.00. The lowest BCUT2D eigenvalue weighted by molar-refractivity contribution is -0.146. The number of piperidine rings is 1. The van der Waals surface area contributed by atoms with Crippen LogP contribution in [0.1, 0.15) is 43.4 Å². The van der Waals surface area contributed by atoms with Gasteiger partial charge in [-0.3, -0.25) is 14.5 Å². The molecule has 2 heterocycles. The van der Waals surface area contributed by atoms with Gasteiger partial charge in [0.05, 0.1) is 29.6 Å². The van der Waals surface area contributed by atoms with Crippen molar-refractivity contribution in [1.82, 2.24) is 4.90 Å². The van der Waals surface area contributed by atoms with Crippen LogP contribution in [-0.2, 0) is 25.2 Å². The van der Waals surface area contributed by atoms with E-state index in [1.165, 1.54) is 7.11 Å². The topological polar surface area (TPSA) is 91.7 Å². The number of likely N-dealkylation sites (tertiary alicyclic amines) is 1. The predicted molar refractivity (Wildman–Crippen MR) is 124 cm³/mol. The summed E-state index contributed by atoms with van der Waals surface area (Å²) >= 11 is 0. The number of benzene rings is 2. The molecule has 7 nitrogen and oxygen atoms in total. The van der Waals surface area contributed by atoms with E-state index in [0.717, 1.165) is 55.0 Å². The normalized spacial score (nSPS) is 17.2. The molecule has 0 radical (unpaired) electrons. The number of hydrogen-bond donors (Lipinski definition) is 1. The van der Waals surface area contributed by atoms with E-state index >= 15 is 0 Å². The van der Waals surface area contributed by atoms with Crippen molar-refractivity contribution in [2.75, 3.05) is 38.7 Å². The smallest absolute Gasteiger partial charge is 0.315 e. The van der Waals surface area contributed by atoms with Crippen molar-refractivity contribution >= 4 is 17.6 Å². The Morgan fingerprint density at radius 1 is 1.18 bits per heavy atom. The van der Waals surface area contributed by atoms with Gasteiger partial charge >= 0.3 is 5.97 Å².